The second-order valence-corrected chi connectivity index (χ2v) is 5.46. The lowest BCUT2D eigenvalue weighted by atomic mass is 9.87. The van der Waals surface area contributed by atoms with Gasteiger partial charge < -0.3 is 9.47 Å². The van der Waals surface area contributed by atoms with Gasteiger partial charge in [-0.05, 0) is 33.6 Å². The Balaban J connectivity index is 2.33. The Morgan fingerprint density at radius 2 is 1.48 bits per heavy atom. The van der Waals surface area contributed by atoms with Crippen molar-refractivity contribution in [1.29, 1.82) is 0 Å². The van der Waals surface area contributed by atoms with E-state index in [1.807, 2.05) is 13.8 Å². The molecule has 21 heavy (non-hydrogen) atoms. The highest BCUT2D eigenvalue weighted by molar-refractivity contribution is 5.96. The molecule has 2 aromatic rings. The molecule has 2 aromatic carbocycles. The van der Waals surface area contributed by atoms with Crippen LogP contribution in [0.15, 0.2) is 35.9 Å². The summed E-state index contributed by atoms with van der Waals surface area (Å²) in [5, 5.41) is 2.32. The average Bonchev–Trinajstić information content (AvgIpc) is 2.50. The van der Waals surface area contributed by atoms with Gasteiger partial charge in [-0.2, -0.15) is 0 Å². The Morgan fingerprint density at radius 3 is 2.05 bits per heavy atom. The molecule has 0 fully saturated rings. The van der Waals surface area contributed by atoms with Crippen LogP contribution in [0.2, 0.25) is 0 Å². The van der Waals surface area contributed by atoms with Crippen LogP contribution in [-0.4, -0.2) is 13.2 Å². The van der Waals surface area contributed by atoms with Crippen molar-refractivity contribution in [2.75, 3.05) is 13.2 Å². The molecule has 0 unspecified atom stereocenters. The molecule has 1 aliphatic rings. The van der Waals surface area contributed by atoms with Crippen LogP contribution in [0.3, 0.4) is 0 Å². The molecule has 0 heterocycles. The molecule has 0 aliphatic heterocycles. The summed E-state index contributed by atoms with van der Waals surface area (Å²) in [4.78, 5) is 0. The molecule has 0 spiro atoms. The minimum atomic E-state index is 0.688. The van der Waals surface area contributed by atoms with Crippen LogP contribution in [0.5, 0.6) is 11.5 Å². The van der Waals surface area contributed by atoms with Crippen molar-refractivity contribution in [2.24, 2.45) is 0 Å². The van der Waals surface area contributed by atoms with Gasteiger partial charge in [0.2, 0.25) is 0 Å². The molecule has 0 atom stereocenters. The molecule has 3 rings (SSSR count). The van der Waals surface area contributed by atoms with E-state index in [1.54, 1.807) is 0 Å². The number of ether oxygens (including phenoxy) is 2. The second-order valence-electron chi connectivity index (χ2n) is 5.46. The van der Waals surface area contributed by atoms with Gasteiger partial charge in [-0.1, -0.05) is 35.9 Å². The van der Waals surface area contributed by atoms with Crippen molar-refractivity contribution in [2.45, 2.75) is 33.6 Å². The lowest BCUT2D eigenvalue weighted by Gasteiger charge is -2.24. The third-order valence-electron chi connectivity index (χ3n) is 4.02. The first-order chi connectivity index (χ1) is 10.3. The Bertz CT molecular complexity index is 698. The summed E-state index contributed by atoms with van der Waals surface area (Å²) < 4.78 is 12.0. The molecule has 110 valence electrons. The number of hydrogen-bond acceptors (Lipinski definition) is 2. The van der Waals surface area contributed by atoms with Crippen molar-refractivity contribution >= 4 is 10.8 Å². The van der Waals surface area contributed by atoms with E-state index in [0.717, 1.165) is 35.1 Å². The van der Waals surface area contributed by atoms with Crippen LogP contribution in [0.4, 0.5) is 0 Å². The third kappa shape index (κ3) is 2.39. The number of benzene rings is 2. The standard InChI is InChI=1S/C19H22O2/c1-4-20-18-14-8-6-7-9-15(14)19(21-5-2)17-12-13(3)10-11-16(17)18/h6-10H,4-5,11-12H2,1-3H3. The Morgan fingerprint density at radius 1 is 0.905 bits per heavy atom. The van der Waals surface area contributed by atoms with Gasteiger partial charge in [0.25, 0.3) is 0 Å². The topological polar surface area (TPSA) is 18.5 Å². The highest BCUT2D eigenvalue weighted by Gasteiger charge is 2.22. The maximum atomic E-state index is 6.02. The van der Waals surface area contributed by atoms with Crippen molar-refractivity contribution in [1.82, 2.24) is 0 Å². The van der Waals surface area contributed by atoms with E-state index >= 15 is 0 Å². The SMILES string of the molecule is CCOc1c2c(c(OCC)c3ccccc13)CC(C)=CC2. The van der Waals surface area contributed by atoms with Crippen LogP contribution in [-0.2, 0) is 12.8 Å². The van der Waals surface area contributed by atoms with E-state index in [4.69, 9.17) is 9.47 Å². The van der Waals surface area contributed by atoms with Gasteiger partial charge in [0.1, 0.15) is 11.5 Å². The van der Waals surface area contributed by atoms with E-state index in [2.05, 4.69) is 37.3 Å². The number of rotatable bonds is 4. The van der Waals surface area contributed by atoms with Crippen LogP contribution in [0.25, 0.3) is 10.8 Å². The molecule has 2 nitrogen and oxygen atoms in total. The molecule has 1 aliphatic carbocycles. The average molecular weight is 282 g/mol. The third-order valence-corrected chi connectivity index (χ3v) is 4.02. The van der Waals surface area contributed by atoms with E-state index in [1.165, 1.54) is 16.7 Å². The van der Waals surface area contributed by atoms with Crippen molar-refractivity contribution in [3.8, 4) is 11.5 Å². The smallest absolute Gasteiger partial charge is 0.131 e. The quantitative estimate of drug-likeness (QED) is 0.758. The summed E-state index contributed by atoms with van der Waals surface area (Å²) in [5.74, 6) is 2.08. The van der Waals surface area contributed by atoms with Gasteiger partial charge in [0.15, 0.2) is 0 Å². The maximum Gasteiger partial charge on any atom is 0.131 e. The Kier molecular flexibility index (Phi) is 3.87. The first-order valence-electron chi connectivity index (χ1n) is 7.73. The van der Waals surface area contributed by atoms with Gasteiger partial charge in [-0.25, -0.2) is 0 Å². The molecule has 0 aromatic heterocycles. The van der Waals surface area contributed by atoms with Crippen molar-refractivity contribution < 1.29 is 9.47 Å². The minimum Gasteiger partial charge on any atom is -0.493 e. The molecule has 0 radical (unpaired) electrons. The van der Waals surface area contributed by atoms with Gasteiger partial charge in [0, 0.05) is 21.9 Å². The van der Waals surface area contributed by atoms with E-state index in [-0.39, 0.29) is 0 Å². The predicted octanol–water partition coefficient (Wildman–Crippen LogP) is 4.68. The largest absolute Gasteiger partial charge is 0.493 e. The predicted molar refractivity (Wildman–Crippen MR) is 87.5 cm³/mol. The number of allylic oxidation sites excluding steroid dienone is 2. The zero-order chi connectivity index (χ0) is 14.8. The van der Waals surface area contributed by atoms with Gasteiger partial charge >= 0.3 is 0 Å². The molecular formula is C19H22O2. The highest BCUT2D eigenvalue weighted by atomic mass is 16.5. The minimum absolute atomic E-state index is 0.688. The molecule has 0 saturated carbocycles. The summed E-state index contributed by atoms with van der Waals surface area (Å²) in [7, 11) is 0. The fourth-order valence-corrected chi connectivity index (χ4v) is 3.13. The summed E-state index contributed by atoms with van der Waals surface area (Å²) >= 11 is 0. The lowest BCUT2D eigenvalue weighted by Crippen LogP contribution is -2.09. The first kappa shape index (κ1) is 14.0. The monoisotopic (exact) mass is 282 g/mol. The Hall–Kier alpha value is -1.96. The zero-order valence-corrected chi connectivity index (χ0v) is 13.0. The highest BCUT2D eigenvalue weighted by Crippen LogP contribution is 2.43. The van der Waals surface area contributed by atoms with E-state index < -0.39 is 0 Å². The van der Waals surface area contributed by atoms with Gasteiger partial charge in [-0.3, -0.25) is 0 Å². The van der Waals surface area contributed by atoms with Crippen molar-refractivity contribution in [3.05, 3.63) is 47.0 Å². The fourth-order valence-electron chi connectivity index (χ4n) is 3.13. The van der Waals surface area contributed by atoms with Crippen LogP contribution in [0.1, 0.15) is 31.9 Å². The van der Waals surface area contributed by atoms with E-state index in [0.29, 0.717) is 13.2 Å². The zero-order valence-electron chi connectivity index (χ0n) is 13.0. The summed E-state index contributed by atoms with van der Waals surface area (Å²) in [6.07, 6.45) is 4.19. The molecule has 0 saturated heterocycles. The Labute approximate surface area is 126 Å². The molecular weight excluding hydrogens is 260 g/mol. The van der Waals surface area contributed by atoms with Crippen LogP contribution >= 0.6 is 0 Å². The van der Waals surface area contributed by atoms with Crippen LogP contribution < -0.4 is 9.47 Å². The normalized spacial score (nSPS) is 13.8. The van der Waals surface area contributed by atoms with Gasteiger partial charge in [-0.15, -0.1) is 0 Å². The second kappa shape index (κ2) is 5.80. The molecule has 2 heteroatoms. The fraction of sp³-hybridized carbons (Fsp3) is 0.368. The molecule has 0 N–H and O–H groups in total. The van der Waals surface area contributed by atoms with Crippen LogP contribution in [0, 0.1) is 0 Å². The first-order valence-corrected chi connectivity index (χ1v) is 7.73. The van der Waals surface area contributed by atoms with Crippen molar-refractivity contribution in [3.63, 3.8) is 0 Å². The lowest BCUT2D eigenvalue weighted by molar-refractivity contribution is 0.331. The number of fused-ring (bicyclic) bond motifs is 2. The summed E-state index contributed by atoms with van der Waals surface area (Å²) in [5.41, 5.74) is 4.00. The summed E-state index contributed by atoms with van der Waals surface area (Å²) in [6, 6.07) is 8.40. The molecule has 0 bridgehead atoms. The maximum absolute atomic E-state index is 6.02. The molecule has 0 amide bonds. The summed E-state index contributed by atoms with van der Waals surface area (Å²) in [6.45, 7) is 7.65. The van der Waals surface area contributed by atoms with Gasteiger partial charge in [0.05, 0.1) is 13.2 Å². The van der Waals surface area contributed by atoms with E-state index in [9.17, 15) is 0 Å². The number of hydrogen-bond donors (Lipinski definition) is 0.